The molecule has 0 unspecified atom stereocenters. The number of ether oxygens (including phenoxy) is 2. The zero-order chi connectivity index (χ0) is 12.0. The highest BCUT2D eigenvalue weighted by molar-refractivity contribution is 5.46. The first-order valence-electron chi connectivity index (χ1n) is 5.40. The van der Waals surface area contributed by atoms with Crippen LogP contribution in [0.3, 0.4) is 0 Å². The molecule has 0 aliphatic heterocycles. The van der Waals surface area contributed by atoms with E-state index in [0.29, 0.717) is 13.1 Å². The molecule has 0 fully saturated rings. The van der Waals surface area contributed by atoms with Crippen molar-refractivity contribution in [2.24, 2.45) is 11.5 Å². The fourth-order valence-electron chi connectivity index (χ4n) is 1.73. The molecule has 0 bridgehead atoms. The first-order valence-corrected chi connectivity index (χ1v) is 5.40. The number of benzene rings is 1. The zero-order valence-corrected chi connectivity index (χ0v) is 9.95. The minimum Gasteiger partial charge on any atom is -0.496 e. The van der Waals surface area contributed by atoms with Crippen molar-refractivity contribution in [1.82, 2.24) is 0 Å². The van der Waals surface area contributed by atoms with E-state index < -0.39 is 0 Å². The van der Waals surface area contributed by atoms with Gasteiger partial charge in [0.2, 0.25) is 0 Å². The van der Waals surface area contributed by atoms with Crippen molar-refractivity contribution >= 4 is 0 Å². The molecule has 90 valence electrons. The van der Waals surface area contributed by atoms with Gasteiger partial charge in [0.15, 0.2) is 0 Å². The first-order chi connectivity index (χ1) is 7.76. The van der Waals surface area contributed by atoms with Gasteiger partial charge in [0.05, 0.1) is 14.2 Å². The lowest BCUT2D eigenvalue weighted by Gasteiger charge is -2.14. The SMILES string of the molecule is COc1cc(CCN)c(OC)cc1CCN. The Morgan fingerprint density at radius 3 is 1.50 bits per heavy atom. The quantitative estimate of drug-likeness (QED) is 0.746. The summed E-state index contributed by atoms with van der Waals surface area (Å²) in [4.78, 5) is 0. The Morgan fingerprint density at radius 2 is 1.25 bits per heavy atom. The molecule has 1 aromatic carbocycles. The Bertz CT molecular complexity index is 306. The van der Waals surface area contributed by atoms with Gasteiger partial charge in [-0.25, -0.2) is 0 Å². The highest BCUT2D eigenvalue weighted by atomic mass is 16.5. The lowest BCUT2D eigenvalue weighted by atomic mass is 10.0. The Morgan fingerprint density at radius 1 is 0.875 bits per heavy atom. The average Bonchev–Trinajstić information content (AvgIpc) is 2.31. The summed E-state index contributed by atoms with van der Waals surface area (Å²) in [7, 11) is 3.32. The van der Waals surface area contributed by atoms with Crippen LogP contribution >= 0.6 is 0 Å². The average molecular weight is 224 g/mol. The van der Waals surface area contributed by atoms with Crippen molar-refractivity contribution in [3.8, 4) is 11.5 Å². The van der Waals surface area contributed by atoms with Crippen LogP contribution in [-0.2, 0) is 12.8 Å². The molecule has 0 saturated heterocycles. The largest absolute Gasteiger partial charge is 0.496 e. The second-order valence-electron chi connectivity index (χ2n) is 3.55. The number of methoxy groups -OCH3 is 2. The third kappa shape index (κ3) is 2.87. The highest BCUT2D eigenvalue weighted by Crippen LogP contribution is 2.29. The van der Waals surface area contributed by atoms with E-state index in [4.69, 9.17) is 20.9 Å². The van der Waals surface area contributed by atoms with Crippen molar-refractivity contribution in [2.75, 3.05) is 27.3 Å². The standard InChI is InChI=1S/C12H20N2O2/c1-15-11-7-10(4-6-14)12(16-2)8-9(11)3-5-13/h7-8H,3-6,13-14H2,1-2H3. The molecular weight excluding hydrogens is 204 g/mol. The van der Waals surface area contributed by atoms with E-state index in [1.54, 1.807) is 14.2 Å². The second kappa shape index (κ2) is 6.35. The van der Waals surface area contributed by atoms with Crippen LogP contribution in [0.15, 0.2) is 12.1 Å². The van der Waals surface area contributed by atoms with Crippen molar-refractivity contribution in [3.05, 3.63) is 23.3 Å². The van der Waals surface area contributed by atoms with Gasteiger partial charge in [-0.2, -0.15) is 0 Å². The molecule has 4 heteroatoms. The first kappa shape index (κ1) is 12.8. The van der Waals surface area contributed by atoms with Gasteiger partial charge < -0.3 is 20.9 Å². The minimum absolute atomic E-state index is 0.593. The summed E-state index contributed by atoms with van der Waals surface area (Å²) in [5, 5.41) is 0. The Balaban J connectivity index is 3.11. The summed E-state index contributed by atoms with van der Waals surface area (Å²) in [6.07, 6.45) is 1.56. The Labute approximate surface area is 96.5 Å². The summed E-state index contributed by atoms with van der Waals surface area (Å²) < 4.78 is 10.7. The molecule has 16 heavy (non-hydrogen) atoms. The molecule has 0 aromatic heterocycles. The van der Waals surface area contributed by atoms with Gasteiger partial charge >= 0.3 is 0 Å². The van der Waals surface area contributed by atoms with Gasteiger partial charge in [0.1, 0.15) is 11.5 Å². The lowest BCUT2D eigenvalue weighted by Crippen LogP contribution is -2.08. The normalized spacial score (nSPS) is 10.2. The minimum atomic E-state index is 0.593. The van der Waals surface area contributed by atoms with E-state index in [1.165, 1.54) is 0 Å². The van der Waals surface area contributed by atoms with Crippen LogP contribution in [0.2, 0.25) is 0 Å². The highest BCUT2D eigenvalue weighted by Gasteiger charge is 2.10. The van der Waals surface area contributed by atoms with Crippen LogP contribution in [0.25, 0.3) is 0 Å². The summed E-state index contributed by atoms with van der Waals surface area (Å²) >= 11 is 0. The van der Waals surface area contributed by atoms with E-state index in [0.717, 1.165) is 35.5 Å². The second-order valence-corrected chi connectivity index (χ2v) is 3.55. The summed E-state index contributed by atoms with van der Waals surface area (Å²) in [6.45, 7) is 1.19. The van der Waals surface area contributed by atoms with Crippen LogP contribution in [-0.4, -0.2) is 27.3 Å². The molecular formula is C12H20N2O2. The van der Waals surface area contributed by atoms with E-state index in [9.17, 15) is 0 Å². The van der Waals surface area contributed by atoms with Crippen molar-refractivity contribution < 1.29 is 9.47 Å². The van der Waals surface area contributed by atoms with Gasteiger partial charge in [-0.05, 0) is 49.2 Å². The maximum atomic E-state index is 5.56. The van der Waals surface area contributed by atoms with Crippen LogP contribution in [0.1, 0.15) is 11.1 Å². The molecule has 0 radical (unpaired) electrons. The fraction of sp³-hybridized carbons (Fsp3) is 0.500. The number of nitrogens with two attached hydrogens (primary N) is 2. The lowest BCUT2D eigenvalue weighted by molar-refractivity contribution is 0.395. The molecule has 0 saturated carbocycles. The summed E-state index contributed by atoms with van der Waals surface area (Å²) in [5.74, 6) is 1.71. The molecule has 4 nitrogen and oxygen atoms in total. The van der Waals surface area contributed by atoms with Crippen molar-refractivity contribution in [1.29, 1.82) is 0 Å². The molecule has 0 aliphatic carbocycles. The Kier molecular flexibility index (Phi) is 5.08. The molecule has 0 aliphatic rings. The van der Waals surface area contributed by atoms with Crippen LogP contribution in [0, 0.1) is 0 Å². The summed E-state index contributed by atoms with van der Waals surface area (Å²) in [6, 6.07) is 3.97. The summed E-state index contributed by atoms with van der Waals surface area (Å²) in [5.41, 5.74) is 13.3. The van der Waals surface area contributed by atoms with Crippen LogP contribution in [0.5, 0.6) is 11.5 Å². The van der Waals surface area contributed by atoms with Crippen LogP contribution in [0.4, 0.5) is 0 Å². The molecule has 1 rings (SSSR count). The third-order valence-corrected chi connectivity index (χ3v) is 2.51. The smallest absolute Gasteiger partial charge is 0.122 e. The maximum Gasteiger partial charge on any atom is 0.122 e. The van der Waals surface area contributed by atoms with Crippen LogP contribution < -0.4 is 20.9 Å². The third-order valence-electron chi connectivity index (χ3n) is 2.51. The van der Waals surface area contributed by atoms with E-state index in [2.05, 4.69) is 0 Å². The molecule has 0 spiro atoms. The molecule has 0 atom stereocenters. The van der Waals surface area contributed by atoms with E-state index in [-0.39, 0.29) is 0 Å². The van der Waals surface area contributed by atoms with E-state index in [1.807, 2.05) is 12.1 Å². The topological polar surface area (TPSA) is 70.5 Å². The predicted molar refractivity (Wildman–Crippen MR) is 65.1 cm³/mol. The monoisotopic (exact) mass is 224 g/mol. The van der Waals surface area contributed by atoms with Gasteiger partial charge in [-0.1, -0.05) is 0 Å². The number of hydrogen-bond donors (Lipinski definition) is 2. The van der Waals surface area contributed by atoms with Gasteiger partial charge in [0, 0.05) is 0 Å². The molecule has 1 aromatic rings. The molecule has 4 N–H and O–H groups in total. The predicted octanol–water partition coefficient (Wildman–Crippen LogP) is 0.706. The number of hydrogen-bond acceptors (Lipinski definition) is 4. The Hall–Kier alpha value is -1.26. The van der Waals surface area contributed by atoms with Gasteiger partial charge in [-0.3, -0.25) is 0 Å². The fourth-order valence-corrected chi connectivity index (χ4v) is 1.73. The number of rotatable bonds is 6. The van der Waals surface area contributed by atoms with Gasteiger partial charge in [0.25, 0.3) is 0 Å². The van der Waals surface area contributed by atoms with Gasteiger partial charge in [-0.15, -0.1) is 0 Å². The maximum absolute atomic E-state index is 5.56. The molecule has 0 heterocycles. The van der Waals surface area contributed by atoms with Crippen molar-refractivity contribution in [3.63, 3.8) is 0 Å². The zero-order valence-electron chi connectivity index (χ0n) is 9.95. The van der Waals surface area contributed by atoms with Crippen molar-refractivity contribution in [2.45, 2.75) is 12.8 Å². The van der Waals surface area contributed by atoms with E-state index >= 15 is 0 Å². The molecule has 0 amide bonds.